The molecule has 0 aliphatic carbocycles. The number of phenols is 1. The number of aryl methyl sites for hydroxylation is 2. The molecule has 0 saturated carbocycles. The van der Waals surface area contributed by atoms with Crippen LogP contribution in [0.2, 0.25) is 0 Å². The lowest BCUT2D eigenvalue weighted by molar-refractivity contribution is -0.117. The summed E-state index contributed by atoms with van der Waals surface area (Å²) in [6, 6.07) is 11.6. The molecule has 1 unspecified atom stereocenters. The van der Waals surface area contributed by atoms with E-state index in [-0.39, 0.29) is 17.6 Å². The first-order valence-electron chi connectivity index (χ1n) is 6.89. The Bertz CT molecular complexity index is 712. The summed E-state index contributed by atoms with van der Waals surface area (Å²) in [5, 5.41) is 12.7. The van der Waals surface area contributed by atoms with Gasteiger partial charge in [0, 0.05) is 16.3 Å². The van der Waals surface area contributed by atoms with Crippen LogP contribution in [0.5, 0.6) is 5.75 Å². The van der Waals surface area contributed by atoms with Crippen LogP contribution in [0.25, 0.3) is 0 Å². The number of hydrogen-bond donors (Lipinski definition) is 2. The fourth-order valence-electron chi connectivity index (χ4n) is 2.54. The zero-order valence-electron chi connectivity index (χ0n) is 12.0. The number of aromatic hydroxyl groups is 1. The highest BCUT2D eigenvalue weighted by atomic mass is 32.2. The Balaban J connectivity index is 1.84. The van der Waals surface area contributed by atoms with Gasteiger partial charge in [0.25, 0.3) is 0 Å². The number of rotatable bonds is 2. The van der Waals surface area contributed by atoms with E-state index in [1.807, 2.05) is 38.1 Å². The molecule has 0 aromatic heterocycles. The maximum Gasteiger partial charge on any atom is 0.232 e. The molecule has 0 saturated heterocycles. The van der Waals surface area contributed by atoms with Gasteiger partial charge >= 0.3 is 0 Å². The molecule has 3 rings (SSSR count). The Kier molecular flexibility index (Phi) is 3.64. The van der Waals surface area contributed by atoms with Crippen LogP contribution in [0.4, 0.5) is 5.69 Å². The zero-order valence-corrected chi connectivity index (χ0v) is 12.8. The maximum absolute atomic E-state index is 12.5. The highest BCUT2D eigenvalue weighted by Crippen LogP contribution is 2.40. The van der Waals surface area contributed by atoms with Gasteiger partial charge in [0.05, 0.1) is 5.92 Å². The molecule has 1 heterocycles. The van der Waals surface area contributed by atoms with E-state index in [0.717, 1.165) is 28.1 Å². The molecule has 0 spiro atoms. The first-order valence-corrected chi connectivity index (χ1v) is 7.87. The van der Waals surface area contributed by atoms with E-state index in [9.17, 15) is 9.90 Å². The molecular weight excluding hydrogens is 282 g/mol. The quantitative estimate of drug-likeness (QED) is 0.828. The van der Waals surface area contributed by atoms with Crippen LogP contribution < -0.4 is 5.32 Å². The lowest BCUT2D eigenvalue weighted by atomic mass is 10.00. The molecule has 2 aromatic rings. The monoisotopic (exact) mass is 299 g/mol. The molecule has 3 nitrogen and oxygen atoms in total. The van der Waals surface area contributed by atoms with Crippen molar-refractivity contribution in [3.05, 3.63) is 53.1 Å². The number of carbonyl (C=O) groups excluding carboxylic acids is 1. The van der Waals surface area contributed by atoms with Gasteiger partial charge in [-0.3, -0.25) is 4.79 Å². The molecule has 0 bridgehead atoms. The number of nitrogens with one attached hydrogen (secondary N) is 1. The third-order valence-corrected chi connectivity index (χ3v) is 5.00. The number of phenolic OH excluding ortho intramolecular Hbond substituents is 1. The van der Waals surface area contributed by atoms with Crippen molar-refractivity contribution in [2.24, 2.45) is 0 Å². The first-order chi connectivity index (χ1) is 10.1. The van der Waals surface area contributed by atoms with E-state index in [1.54, 1.807) is 17.8 Å². The summed E-state index contributed by atoms with van der Waals surface area (Å²) < 4.78 is 0. The lowest BCUT2D eigenvalue weighted by Crippen LogP contribution is -2.21. The van der Waals surface area contributed by atoms with Gasteiger partial charge in [0.2, 0.25) is 5.91 Å². The molecule has 0 radical (unpaired) electrons. The molecule has 108 valence electrons. The third kappa shape index (κ3) is 2.63. The van der Waals surface area contributed by atoms with Crippen LogP contribution >= 0.6 is 11.8 Å². The van der Waals surface area contributed by atoms with E-state index in [0.29, 0.717) is 0 Å². The van der Waals surface area contributed by atoms with Crippen molar-refractivity contribution < 1.29 is 9.90 Å². The molecular formula is C17H17NO2S. The Hall–Kier alpha value is -1.94. The van der Waals surface area contributed by atoms with Gasteiger partial charge < -0.3 is 10.4 Å². The smallest absolute Gasteiger partial charge is 0.232 e. The zero-order chi connectivity index (χ0) is 15.0. The van der Waals surface area contributed by atoms with Gasteiger partial charge in [0.1, 0.15) is 5.75 Å². The van der Waals surface area contributed by atoms with Crippen molar-refractivity contribution in [1.29, 1.82) is 0 Å². The second-order valence-corrected chi connectivity index (χ2v) is 6.41. The maximum atomic E-state index is 12.5. The molecule has 21 heavy (non-hydrogen) atoms. The summed E-state index contributed by atoms with van der Waals surface area (Å²) in [7, 11) is 0. The summed E-state index contributed by atoms with van der Waals surface area (Å²) in [6.07, 6.45) is 0. The van der Waals surface area contributed by atoms with Crippen LogP contribution in [0.1, 0.15) is 22.6 Å². The Morgan fingerprint density at radius 3 is 2.81 bits per heavy atom. The molecule has 2 aromatic carbocycles. The van der Waals surface area contributed by atoms with Gasteiger partial charge in [-0.2, -0.15) is 0 Å². The summed E-state index contributed by atoms with van der Waals surface area (Å²) in [4.78, 5) is 13.7. The van der Waals surface area contributed by atoms with E-state index in [1.165, 1.54) is 4.90 Å². The lowest BCUT2D eigenvalue weighted by Gasteiger charge is -2.14. The number of anilines is 1. The predicted molar refractivity (Wildman–Crippen MR) is 86.1 cm³/mol. The Morgan fingerprint density at radius 2 is 2.00 bits per heavy atom. The second kappa shape index (κ2) is 5.45. The van der Waals surface area contributed by atoms with E-state index < -0.39 is 0 Å². The van der Waals surface area contributed by atoms with Crippen LogP contribution in [0.3, 0.4) is 0 Å². The molecule has 1 aliphatic rings. The van der Waals surface area contributed by atoms with Crippen LogP contribution in [-0.2, 0) is 4.79 Å². The molecule has 4 heteroatoms. The number of fused-ring (bicyclic) bond motifs is 1. The summed E-state index contributed by atoms with van der Waals surface area (Å²) >= 11 is 1.72. The van der Waals surface area contributed by atoms with Crippen LogP contribution in [-0.4, -0.2) is 16.8 Å². The van der Waals surface area contributed by atoms with E-state index in [2.05, 4.69) is 11.4 Å². The van der Waals surface area contributed by atoms with Crippen LogP contribution in [0, 0.1) is 13.8 Å². The fraction of sp³-hybridized carbons (Fsp3) is 0.235. The highest BCUT2D eigenvalue weighted by molar-refractivity contribution is 7.99. The SMILES string of the molecule is Cc1cc(NC(=O)C2CSc3ccccc32)c(C)cc1O. The number of amides is 1. The molecule has 1 atom stereocenters. The highest BCUT2D eigenvalue weighted by Gasteiger charge is 2.29. The number of hydrogen-bond acceptors (Lipinski definition) is 3. The van der Waals surface area contributed by atoms with Crippen molar-refractivity contribution in [2.75, 3.05) is 11.1 Å². The van der Waals surface area contributed by atoms with E-state index >= 15 is 0 Å². The number of thioether (sulfide) groups is 1. The van der Waals surface area contributed by atoms with Gasteiger partial charge in [-0.25, -0.2) is 0 Å². The largest absolute Gasteiger partial charge is 0.508 e. The minimum absolute atomic E-state index is 0.0145. The fourth-order valence-corrected chi connectivity index (χ4v) is 3.76. The topological polar surface area (TPSA) is 49.3 Å². The van der Waals surface area contributed by atoms with Crippen molar-refractivity contribution in [3.8, 4) is 5.75 Å². The van der Waals surface area contributed by atoms with E-state index in [4.69, 9.17) is 0 Å². The average Bonchev–Trinajstić information content (AvgIpc) is 2.88. The van der Waals surface area contributed by atoms with Gasteiger partial charge in [-0.05, 0) is 48.7 Å². The van der Waals surface area contributed by atoms with Crippen molar-refractivity contribution in [2.45, 2.75) is 24.7 Å². The predicted octanol–water partition coefficient (Wildman–Crippen LogP) is 3.84. The normalized spacial score (nSPS) is 16.6. The molecule has 1 amide bonds. The van der Waals surface area contributed by atoms with Crippen molar-refractivity contribution in [3.63, 3.8) is 0 Å². The summed E-state index contributed by atoms with van der Waals surface area (Å²) in [5.74, 6) is 0.939. The van der Waals surface area contributed by atoms with Crippen molar-refractivity contribution >= 4 is 23.4 Å². The third-order valence-electron chi connectivity index (χ3n) is 3.82. The molecule has 2 N–H and O–H groups in total. The summed E-state index contributed by atoms with van der Waals surface area (Å²) in [6.45, 7) is 3.71. The van der Waals surface area contributed by atoms with Crippen molar-refractivity contribution in [1.82, 2.24) is 0 Å². The van der Waals surface area contributed by atoms with Gasteiger partial charge in [0.15, 0.2) is 0 Å². The second-order valence-electron chi connectivity index (χ2n) is 5.34. The van der Waals surface area contributed by atoms with Gasteiger partial charge in [-0.15, -0.1) is 11.8 Å². The minimum atomic E-state index is -0.111. The Morgan fingerprint density at radius 1 is 1.24 bits per heavy atom. The first kappa shape index (κ1) is 14.0. The number of carbonyl (C=O) groups is 1. The molecule has 0 fully saturated rings. The Labute approximate surface area is 128 Å². The number of benzene rings is 2. The van der Waals surface area contributed by atoms with Gasteiger partial charge in [-0.1, -0.05) is 18.2 Å². The summed E-state index contributed by atoms with van der Waals surface area (Å²) in [5.41, 5.74) is 3.50. The minimum Gasteiger partial charge on any atom is -0.508 e. The van der Waals surface area contributed by atoms with Crippen LogP contribution in [0.15, 0.2) is 41.3 Å². The average molecular weight is 299 g/mol. The standard InChI is InChI=1S/C17H17NO2S/c1-10-8-15(19)11(2)7-14(10)18-17(20)13-9-21-16-6-4-3-5-12(13)16/h3-8,13,19H,9H2,1-2H3,(H,18,20). The molecule has 1 aliphatic heterocycles.